The van der Waals surface area contributed by atoms with E-state index < -0.39 is 0 Å². The van der Waals surface area contributed by atoms with E-state index in [1.165, 1.54) is 0 Å². The number of ether oxygens (including phenoxy) is 1. The molecule has 5 rings (SSSR count). The standard InChI is InChI=1S/C20H21N5O2/c26-20(16-13-15-3-1-2-4-17(15)27-14-16)24-11-9-23(10-12-24)19-6-5-18-21-7-8-25(18)22-19/h1-8,16H,9-14H2/t16-/m0/s1. The van der Waals surface area contributed by atoms with Crippen molar-refractivity contribution in [2.24, 2.45) is 5.92 Å². The van der Waals surface area contributed by atoms with Crippen LogP contribution in [-0.4, -0.2) is 58.2 Å². The Morgan fingerprint density at radius 2 is 1.93 bits per heavy atom. The first-order chi connectivity index (χ1) is 13.3. The van der Waals surface area contributed by atoms with Crippen LogP contribution in [0.15, 0.2) is 48.8 Å². The summed E-state index contributed by atoms with van der Waals surface area (Å²) < 4.78 is 7.58. The zero-order valence-electron chi connectivity index (χ0n) is 15.0. The lowest BCUT2D eigenvalue weighted by Gasteiger charge is -2.37. The van der Waals surface area contributed by atoms with Crippen molar-refractivity contribution in [2.45, 2.75) is 6.42 Å². The van der Waals surface area contributed by atoms with Gasteiger partial charge in [0.05, 0.1) is 5.92 Å². The van der Waals surface area contributed by atoms with Crippen molar-refractivity contribution < 1.29 is 9.53 Å². The summed E-state index contributed by atoms with van der Waals surface area (Å²) in [5, 5.41) is 4.60. The minimum Gasteiger partial charge on any atom is -0.492 e. The van der Waals surface area contributed by atoms with Crippen LogP contribution in [0.2, 0.25) is 0 Å². The summed E-state index contributed by atoms with van der Waals surface area (Å²) in [4.78, 5) is 21.4. The third-order valence-corrected chi connectivity index (χ3v) is 5.38. The van der Waals surface area contributed by atoms with E-state index in [4.69, 9.17) is 4.74 Å². The Morgan fingerprint density at radius 3 is 2.81 bits per heavy atom. The number of para-hydroxylation sites is 1. The normalized spacial score (nSPS) is 19.6. The zero-order chi connectivity index (χ0) is 18.2. The Labute approximate surface area is 157 Å². The fraction of sp³-hybridized carbons (Fsp3) is 0.350. The summed E-state index contributed by atoms with van der Waals surface area (Å²) in [6.45, 7) is 3.45. The number of carbonyl (C=O) groups is 1. The van der Waals surface area contributed by atoms with Gasteiger partial charge in [-0.05, 0) is 30.2 Å². The summed E-state index contributed by atoms with van der Waals surface area (Å²) >= 11 is 0. The number of fused-ring (bicyclic) bond motifs is 2. The summed E-state index contributed by atoms with van der Waals surface area (Å²) in [5.74, 6) is 1.93. The Balaban J connectivity index is 1.23. The Hall–Kier alpha value is -3.09. The Morgan fingerprint density at radius 1 is 1.07 bits per heavy atom. The lowest BCUT2D eigenvalue weighted by atomic mass is 9.95. The summed E-state index contributed by atoms with van der Waals surface area (Å²) in [7, 11) is 0. The van der Waals surface area contributed by atoms with Gasteiger partial charge in [-0.25, -0.2) is 9.50 Å². The van der Waals surface area contributed by atoms with E-state index in [0.29, 0.717) is 19.7 Å². The van der Waals surface area contributed by atoms with Gasteiger partial charge in [0.2, 0.25) is 5.91 Å². The van der Waals surface area contributed by atoms with Crippen molar-refractivity contribution >= 4 is 17.4 Å². The molecule has 0 radical (unpaired) electrons. The molecular formula is C20H21N5O2. The van der Waals surface area contributed by atoms with Gasteiger partial charge in [0.1, 0.15) is 18.2 Å². The van der Waals surface area contributed by atoms with Gasteiger partial charge >= 0.3 is 0 Å². The molecule has 2 aliphatic heterocycles. The molecule has 0 unspecified atom stereocenters. The zero-order valence-corrected chi connectivity index (χ0v) is 15.0. The molecule has 0 saturated carbocycles. The van der Waals surface area contributed by atoms with E-state index in [1.54, 1.807) is 10.7 Å². The topological polar surface area (TPSA) is 63.0 Å². The van der Waals surface area contributed by atoms with Crippen LogP contribution in [-0.2, 0) is 11.2 Å². The molecular weight excluding hydrogens is 342 g/mol. The number of hydrogen-bond donors (Lipinski definition) is 0. The molecule has 0 N–H and O–H groups in total. The molecule has 2 aliphatic rings. The molecule has 0 bridgehead atoms. The molecule has 138 valence electrons. The number of hydrogen-bond acceptors (Lipinski definition) is 5. The van der Waals surface area contributed by atoms with Crippen LogP contribution < -0.4 is 9.64 Å². The second-order valence-corrected chi connectivity index (χ2v) is 7.05. The van der Waals surface area contributed by atoms with E-state index in [2.05, 4.69) is 15.0 Å². The van der Waals surface area contributed by atoms with Crippen LogP contribution in [0.5, 0.6) is 5.75 Å². The molecule has 7 heteroatoms. The van der Waals surface area contributed by atoms with Gasteiger partial charge in [-0.2, -0.15) is 0 Å². The third-order valence-electron chi connectivity index (χ3n) is 5.38. The molecule has 0 spiro atoms. The van der Waals surface area contributed by atoms with Crippen LogP contribution in [0.3, 0.4) is 0 Å². The molecule has 1 aromatic carbocycles. The minimum absolute atomic E-state index is 0.0909. The lowest BCUT2D eigenvalue weighted by molar-refractivity contribution is -0.137. The molecule has 1 fully saturated rings. The molecule has 27 heavy (non-hydrogen) atoms. The molecule has 1 atom stereocenters. The fourth-order valence-corrected chi connectivity index (χ4v) is 3.87. The molecule has 2 aromatic heterocycles. The highest BCUT2D eigenvalue weighted by molar-refractivity contribution is 5.80. The molecule has 1 saturated heterocycles. The van der Waals surface area contributed by atoms with Crippen molar-refractivity contribution in [2.75, 3.05) is 37.7 Å². The summed E-state index contributed by atoms with van der Waals surface area (Å²) in [6, 6.07) is 11.9. The first kappa shape index (κ1) is 16.1. The van der Waals surface area contributed by atoms with Crippen molar-refractivity contribution in [3.63, 3.8) is 0 Å². The minimum atomic E-state index is -0.0909. The number of piperazine rings is 1. The molecule has 3 aromatic rings. The Bertz CT molecular complexity index is 977. The van der Waals surface area contributed by atoms with Crippen LogP contribution in [0.25, 0.3) is 5.65 Å². The average molecular weight is 363 g/mol. The largest absolute Gasteiger partial charge is 0.492 e. The van der Waals surface area contributed by atoms with Crippen LogP contribution in [0.4, 0.5) is 5.82 Å². The fourth-order valence-electron chi connectivity index (χ4n) is 3.87. The van der Waals surface area contributed by atoms with Gasteiger partial charge in [-0.3, -0.25) is 4.79 Å². The van der Waals surface area contributed by atoms with E-state index >= 15 is 0 Å². The number of aromatic nitrogens is 3. The maximum atomic E-state index is 12.9. The summed E-state index contributed by atoms with van der Waals surface area (Å²) in [5.41, 5.74) is 1.96. The predicted octanol–water partition coefficient (Wildman–Crippen LogP) is 1.63. The van der Waals surface area contributed by atoms with E-state index in [0.717, 1.165) is 42.3 Å². The van der Waals surface area contributed by atoms with Crippen molar-refractivity contribution in [1.29, 1.82) is 0 Å². The van der Waals surface area contributed by atoms with Gasteiger partial charge in [0.25, 0.3) is 0 Å². The number of nitrogens with zero attached hydrogens (tertiary/aromatic N) is 5. The first-order valence-corrected chi connectivity index (χ1v) is 9.33. The molecule has 7 nitrogen and oxygen atoms in total. The second kappa shape index (κ2) is 6.57. The SMILES string of the molecule is O=C([C@@H]1COc2ccccc2C1)N1CCN(c2ccc3nccn3n2)CC1. The molecule has 0 aliphatic carbocycles. The molecule has 1 amide bonds. The van der Waals surface area contributed by atoms with Gasteiger partial charge in [0.15, 0.2) is 5.65 Å². The number of rotatable bonds is 2. The average Bonchev–Trinajstić information content (AvgIpc) is 3.21. The number of benzene rings is 1. The monoisotopic (exact) mass is 363 g/mol. The maximum Gasteiger partial charge on any atom is 0.229 e. The van der Waals surface area contributed by atoms with Crippen LogP contribution in [0.1, 0.15) is 5.56 Å². The van der Waals surface area contributed by atoms with Gasteiger partial charge < -0.3 is 14.5 Å². The van der Waals surface area contributed by atoms with E-state index in [9.17, 15) is 4.79 Å². The predicted molar refractivity (Wildman–Crippen MR) is 101 cm³/mol. The number of carbonyl (C=O) groups excluding carboxylic acids is 1. The van der Waals surface area contributed by atoms with Crippen molar-refractivity contribution in [1.82, 2.24) is 19.5 Å². The number of anilines is 1. The highest BCUT2D eigenvalue weighted by atomic mass is 16.5. The Kier molecular flexibility index (Phi) is 3.92. The van der Waals surface area contributed by atoms with E-state index in [-0.39, 0.29) is 11.8 Å². The van der Waals surface area contributed by atoms with Gasteiger partial charge in [0, 0.05) is 38.6 Å². The molecule has 4 heterocycles. The number of imidazole rings is 1. The quantitative estimate of drug-likeness (QED) is 0.693. The number of amides is 1. The second-order valence-electron chi connectivity index (χ2n) is 7.05. The van der Waals surface area contributed by atoms with Gasteiger partial charge in [-0.15, -0.1) is 5.10 Å². The summed E-state index contributed by atoms with van der Waals surface area (Å²) in [6.07, 6.45) is 4.35. The first-order valence-electron chi connectivity index (χ1n) is 9.33. The third kappa shape index (κ3) is 2.99. The smallest absolute Gasteiger partial charge is 0.229 e. The van der Waals surface area contributed by atoms with Crippen LogP contribution >= 0.6 is 0 Å². The van der Waals surface area contributed by atoms with Crippen LogP contribution in [0, 0.1) is 5.92 Å². The van der Waals surface area contributed by atoms with Crippen molar-refractivity contribution in [3.05, 3.63) is 54.4 Å². The van der Waals surface area contributed by atoms with Crippen molar-refractivity contribution in [3.8, 4) is 5.75 Å². The maximum absolute atomic E-state index is 12.9. The van der Waals surface area contributed by atoms with E-state index in [1.807, 2.05) is 47.5 Å². The van der Waals surface area contributed by atoms with Gasteiger partial charge in [-0.1, -0.05) is 18.2 Å². The highest BCUT2D eigenvalue weighted by Crippen LogP contribution is 2.28. The highest BCUT2D eigenvalue weighted by Gasteiger charge is 2.31. The lowest BCUT2D eigenvalue weighted by Crippen LogP contribution is -2.52.